The number of anilines is 1. The van der Waals surface area contributed by atoms with Crippen molar-refractivity contribution in [3.8, 4) is 0 Å². The van der Waals surface area contributed by atoms with E-state index >= 15 is 0 Å². The maximum Gasteiger partial charge on any atom is 0.162 e. The first kappa shape index (κ1) is 13.4. The van der Waals surface area contributed by atoms with E-state index in [0.717, 1.165) is 36.6 Å². The third kappa shape index (κ3) is 2.72. The van der Waals surface area contributed by atoms with Crippen molar-refractivity contribution < 1.29 is 0 Å². The summed E-state index contributed by atoms with van der Waals surface area (Å²) < 4.78 is 0. The number of aryl methyl sites for hydroxylation is 1. The summed E-state index contributed by atoms with van der Waals surface area (Å²) in [5.74, 6) is 0.787. The van der Waals surface area contributed by atoms with E-state index in [0.29, 0.717) is 5.56 Å². The summed E-state index contributed by atoms with van der Waals surface area (Å²) in [6, 6.07) is 0. The number of hydrogen-bond donors (Lipinski definition) is 2. The van der Waals surface area contributed by atoms with Crippen LogP contribution in [0.4, 0.5) is 5.82 Å². The minimum Gasteiger partial charge on any atom is -0.384 e. The molecule has 0 amide bonds. The molecule has 0 aliphatic rings. The van der Waals surface area contributed by atoms with Crippen LogP contribution in [0.2, 0.25) is 0 Å². The van der Waals surface area contributed by atoms with Crippen LogP contribution in [0, 0.1) is 19.3 Å². The van der Waals surface area contributed by atoms with Crippen LogP contribution in [0.25, 0.3) is 0 Å². The van der Waals surface area contributed by atoms with Gasteiger partial charge in [-0.15, -0.1) is 5.10 Å². The first-order valence-corrected chi connectivity index (χ1v) is 5.96. The van der Waals surface area contributed by atoms with Gasteiger partial charge in [0.15, 0.2) is 5.82 Å². The van der Waals surface area contributed by atoms with Crippen molar-refractivity contribution in [3.05, 3.63) is 16.8 Å². The standard InChI is InChI=1S/C12H21N5/c1-5-7-17(6-2)12-10(11(13)14)8(3)9(4)15-16-12/h5-7H2,1-4H3,(H3,13,14). The van der Waals surface area contributed by atoms with Crippen LogP contribution >= 0.6 is 0 Å². The molecule has 1 aromatic heterocycles. The second-order valence-electron chi connectivity index (χ2n) is 4.10. The average Bonchev–Trinajstić information content (AvgIpc) is 2.29. The van der Waals surface area contributed by atoms with Crippen LogP contribution in [0.1, 0.15) is 37.1 Å². The van der Waals surface area contributed by atoms with Crippen molar-refractivity contribution in [2.45, 2.75) is 34.1 Å². The van der Waals surface area contributed by atoms with E-state index < -0.39 is 0 Å². The van der Waals surface area contributed by atoms with Crippen molar-refractivity contribution in [3.63, 3.8) is 0 Å². The Kier molecular flexibility index (Phi) is 4.43. The van der Waals surface area contributed by atoms with Crippen molar-refractivity contribution in [1.82, 2.24) is 10.2 Å². The lowest BCUT2D eigenvalue weighted by molar-refractivity contribution is 0.760. The van der Waals surface area contributed by atoms with E-state index in [-0.39, 0.29) is 5.84 Å². The SMILES string of the molecule is CCCN(CC)c1nnc(C)c(C)c1C(=N)N. The molecule has 0 atom stereocenters. The van der Waals surface area contributed by atoms with Crippen LogP contribution < -0.4 is 10.6 Å². The van der Waals surface area contributed by atoms with Gasteiger partial charge >= 0.3 is 0 Å². The lowest BCUT2D eigenvalue weighted by Gasteiger charge is -2.24. The Morgan fingerprint density at radius 3 is 2.41 bits per heavy atom. The quantitative estimate of drug-likeness (QED) is 0.600. The number of nitrogens with one attached hydrogen (secondary N) is 1. The van der Waals surface area contributed by atoms with Crippen molar-refractivity contribution in [2.24, 2.45) is 5.73 Å². The Balaban J connectivity index is 3.31. The van der Waals surface area contributed by atoms with Gasteiger partial charge < -0.3 is 10.6 Å². The van der Waals surface area contributed by atoms with E-state index in [1.807, 2.05) is 13.8 Å². The van der Waals surface area contributed by atoms with Gasteiger partial charge in [-0.3, -0.25) is 5.41 Å². The third-order valence-electron chi connectivity index (χ3n) is 2.88. The van der Waals surface area contributed by atoms with Gasteiger partial charge in [-0.1, -0.05) is 6.92 Å². The molecular weight excluding hydrogens is 214 g/mol. The van der Waals surface area contributed by atoms with Gasteiger partial charge in [0.1, 0.15) is 5.84 Å². The van der Waals surface area contributed by atoms with Crippen molar-refractivity contribution in [1.29, 1.82) is 5.41 Å². The maximum absolute atomic E-state index is 7.70. The van der Waals surface area contributed by atoms with Crippen molar-refractivity contribution >= 4 is 11.7 Å². The molecular formula is C12H21N5. The monoisotopic (exact) mass is 235 g/mol. The number of nitrogens with two attached hydrogens (primary N) is 1. The molecule has 5 heteroatoms. The van der Waals surface area contributed by atoms with Crippen LogP contribution in [0.5, 0.6) is 0 Å². The second kappa shape index (κ2) is 5.61. The van der Waals surface area contributed by atoms with Gasteiger partial charge in [0, 0.05) is 13.1 Å². The fourth-order valence-electron chi connectivity index (χ4n) is 1.82. The number of amidine groups is 1. The van der Waals surface area contributed by atoms with E-state index in [4.69, 9.17) is 11.1 Å². The molecule has 1 aromatic rings. The minimum absolute atomic E-state index is 0.0602. The summed E-state index contributed by atoms with van der Waals surface area (Å²) in [4.78, 5) is 2.11. The first-order valence-electron chi connectivity index (χ1n) is 5.96. The Morgan fingerprint density at radius 2 is 1.94 bits per heavy atom. The van der Waals surface area contributed by atoms with Gasteiger partial charge in [-0.25, -0.2) is 0 Å². The zero-order chi connectivity index (χ0) is 13.0. The Labute approximate surface area is 103 Å². The average molecular weight is 235 g/mol. The summed E-state index contributed by atoms with van der Waals surface area (Å²) in [6.07, 6.45) is 1.03. The van der Waals surface area contributed by atoms with Gasteiger partial charge in [-0.05, 0) is 32.8 Å². The summed E-state index contributed by atoms with van der Waals surface area (Å²) >= 11 is 0. The summed E-state index contributed by atoms with van der Waals surface area (Å²) in [5.41, 5.74) is 8.14. The van der Waals surface area contributed by atoms with Gasteiger partial charge in [0.25, 0.3) is 0 Å². The number of nitrogens with zero attached hydrogens (tertiary/aromatic N) is 3. The molecule has 0 saturated heterocycles. The fourth-order valence-corrected chi connectivity index (χ4v) is 1.82. The molecule has 0 radical (unpaired) electrons. The molecule has 5 nitrogen and oxygen atoms in total. The molecule has 0 saturated carbocycles. The minimum atomic E-state index is 0.0602. The zero-order valence-corrected chi connectivity index (χ0v) is 11.0. The smallest absolute Gasteiger partial charge is 0.162 e. The first-order chi connectivity index (χ1) is 8.02. The summed E-state index contributed by atoms with van der Waals surface area (Å²) in [5, 5.41) is 16.0. The van der Waals surface area contributed by atoms with Crippen LogP contribution in [0.15, 0.2) is 0 Å². The number of nitrogen functional groups attached to an aromatic ring is 1. The topological polar surface area (TPSA) is 78.9 Å². The van der Waals surface area contributed by atoms with Crippen LogP contribution in [-0.4, -0.2) is 29.1 Å². The highest BCUT2D eigenvalue weighted by molar-refractivity contribution is 6.01. The fraction of sp³-hybridized carbons (Fsp3) is 0.583. The number of aromatic nitrogens is 2. The zero-order valence-electron chi connectivity index (χ0n) is 11.0. The molecule has 1 heterocycles. The molecule has 1 rings (SSSR count). The molecule has 0 aliphatic carbocycles. The maximum atomic E-state index is 7.70. The molecule has 3 N–H and O–H groups in total. The van der Waals surface area contributed by atoms with Crippen LogP contribution in [-0.2, 0) is 0 Å². The Morgan fingerprint density at radius 1 is 1.29 bits per heavy atom. The molecule has 17 heavy (non-hydrogen) atoms. The van der Waals surface area contributed by atoms with Gasteiger partial charge in [0.2, 0.25) is 0 Å². The van der Waals surface area contributed by atoms with Crippen LogP contribution in [0.3, 0.4) is 0 Å². The van der Waals surface area contributed by atoms with E-state index in [2.05, 4.69) is 28.9 Å². The predicted molar refractivity (Wildman–Crippen MR) is 70.7 cm³/mol. The molecule has 0 aromatic carbocycles. The summed E-state index contributed by atoms with van der Waals surface area (Å²) in [6.45, 7) is 9.74. The molecule has 0 fully saturated rings. The lowest BCUT2D eigenvalue weighted by atomic mass is 10.1. The number of hydrogen-bond acceptors (Lipinski definition) is 4. The lowest BCUT2D eigenvalue weighted by Crippen LogP contribution is -2.29. The molecule has 0 unspecified atom stereocenters. The molecule has 94 valence electrons. The Bertz CT molecular complexity index is 414. The highest BCUT2D eigenvalue weighted by Crippen LogP contribution is 2.21. The predicted octanol–water partition coefficient (Wildman–Crippen LogP) is 1.61. The highest BCUT2D eigenvalue weighted by Gasteiger charge is 2.17. The highest BCUT2D eigenvalue weighted by atomic mass is 15.3. The molecule has 0 bridgehead atoms. The van der Waals surface area contributed by atoms with Gasteiger partial charge in [-0.2, -0.15) is 5.10 Å². The van der Waals surface area contributed by atoms with Gasteiger partial charge in [0.05, 0.1) is 11.3 Å². The normalized spacial score (nSPS) is 10.4. The molecule has 0 aliphatic heterocycles. The third-order valence-corrected chi connectivity index (χ3v) is 2.88. The summed E-state index contributed by atoms with van der Waals surface area (Å²) in [7, 11) is 0. The van der Waals surface area contributed by atoms with E-state index in [9.17, 15) is 0 Å². The second-order valence-corrected chi connectivity index (χ2v) is 4.10. The number of rotatable bonds is 5. The Hall–Kier alpha value is -1.65. The largest absolute Gasteiger partial charge is 0.384 e. The van der Waals surface area contributed by atoms with Crippen molar-refractivity contribution in [2.75, 3.05) is 18.0 Å². The van der Waals surface area contributed by atoms with E-state index in [1.165, 1.54) is 0 Å². The van der Waals surface area contributed by atoms with E-state index in [1.54, 1.807) is 0 Å². The molecule has 0 spiro atoms.